The van der Waals surface area contributed by atoms with Crippen molar-refractivity contribution >= 4 is 11.9 Å². The molecule has 3 heteroatoms. The molecule has 0 amide bonds. The summed E-state index contributed by atoms with van der Waals surface area (Å²) in [5.41, 5.74) is 3.37. The van der Waals surface area contributed by atoms with Crippen molar-refractivity contribution in [2.75, 3.05) is 7.11 Å². The number of Topliss-reactive ketones (excluding diaryl/α,β-unsaturated/α-hetero) is 1. The predicted octanol–water partition coefficient (Wildman–Crippen LogP) is 3.22. The SMILES string of the molecule is COc1ccc(/C=C2\Cc3ccccc3C2=O)cc1O. The minimum absolute atomic E-state index is 0.0657. The number of ketones is 1. The van der Waals surface area contributed by atoms with Crippen molar-refractivity contribution in [3.63, 3.8) is 0 Å². The number of allylic oxidation sites excluding steroid dienone is 1. The monoisotopic (exact) mass is 266 g/mol. The van der Waals surface area contributed by atoms with Crippen molar-refractivity contribution < 1.29 is 14.6 Å². The number of phenols is 1. The summed E-state index contributed by atoms with van der Waals surface area (Å²) in [5, 5.41) is 9.77. The van der Waals surface area contributed by atoms with Crippen molar-refractivity contribution in [2.24, 2.45) is 0 Å². The van der Waals surface area contributed by atoms with E-state index in [1.165, 1.54) is 7.11 Å². The maximum Gasteiger partial charge on any atom is 0.189 e. The van der Waals surface area contributed by atoms with E-state index >= 15 is 0 Å². The molecule has 20 heavy (non-hydrogen) atoms. The predicted molar refractivity (Wildman–Crippen MR) is 77.1 cm³/mol. The lowest BCUT2D eigenvalue weighted by atomic mass is 10.1. The molecule has 0 unspecified atom stereocenters. The largest absolute Gasteiger partial charge is 0.504 e. The van der Waals surface area contributed by atoms with Gasteiger partial charge >= 0.3 is 0 Å². The fourth-order valence-electron chi connectivity index (χ4n) is 2.47. The molecule has 1 aliphatic carbocycles. The van der Waals surface area contributed by atoms with Crippen LogP contribution >= 0.6 is 0 Å². The molecule has 0 radical (unpaired) electrons. The number of carbonyl (C=O) groups is 1. The third kappa shape index (κ3) is 2.07. The minimum Gasteiger partial charge on any atom is -0.504 e. The minimum atomic E-state index is 0.0657. The summed E-state index contributed by atoms with van der Waals surface area (Å²) >= 11 is 0. The first-order valence-electron chi connectivity index (χ1n) is 6.39. The number of methoxy groups -OCH3 is 1. The molecule has 100 valence electrons. The van der Waals surface area contributed by atoms with Crippen LogP contribution in [0.25, 0.3) is 6.08 Å². The highest BCUT2D eigenvalue weighted by Gasteiger charge is 2.23. The maximum atomic E-state index is 12.3. The third-order valence-corrected chi connectivity index (χ3v) is 3.48. The van der Waals surface area contributed by atoms with Gasteiger partial charge in [-0.05, 0) is 29.3 Å². The van der Waals surface area contributed by atoms with E-state index in [1.54, 1.807) is 12.1 Å². The highest BCUT2D eigenvalue weighted by atomic mass is 16.5. The van der Waals surface area contributed by atoms with Crippen LogP contribution in [0.3, 0.4) is 0 Å². The van der Waals surface area contributed by atoms with Crippen molar-refractivity contribution in [1.82, 2.24) is 0 Å². The van der Waals surface area contributed by atoms with E-state index in [2.05, 4.69) is 0 Å². The smallest absolute Gasteiger partial charge is 0.189 e. The van der Waals surface area contributed by atoms with Gasteiger partial charge in [-0.1, -0.05) is 30.3 Å². The van der Waals surface area contributed by atoms with E-state index in [-0.39, 0.29) is 11.5 Å². The Kier molecular flexibility index (Phi) is 3.03. The van der Waals surface area contributed by atoms with Gasteiger partial charge in [-0.25, -0.2) is 0 Å². The fraction of sp³-hybridized carbons (Fsp3) is 0.118. The number of benzene rings is 2. The van der Waals surface area contributed by atoms with Crippen LogP contribution in [0.2, 0.25) is 0 Å². The molecule has 0 saturated heterocycles. The number of aromatic hydroxyl groups is 1. The van der Waals surface area contributed by atoms with Gasteiger partial charge < -0.3 is 9.84 Å². The van der Waals surface area contributed by atoms with E-state index in [0.29, 0.717) is 12.2 Å². The van der Waals surface area contributed by atoms with Gasteiger partial charge in [0.2, 0.25) is 0 Å². The summed E-state index contributed by atoms with van der Waals surface area (Å²) in [6, 6.07) is 12.7. The fourth-order valence-corrected chi connectivity index (χ4v) is 2.47. The van der Waals surface area contributed by atoms with Crippen molar-refractivity contribution in [3.05, 3.63) is 64.7 Å². The first-order valence-corrected chi connectivity index (χ1v) is 6.39. The summed E-state index contributed by atoms with van der Waals surface area (Å²) in [6.45, 7) is 0. The number of ether oxygens (including phenoxy) is 1. The molecular weight excluding hydrogens is 252 g/mol. The molecule has 0 spiro atoms. The number of rotatable bonds is 2. The molecule has 0 bridgehead atoms. The first kappa shape index (κ1) is 12.5. The summed E-state index contributed by atoms with van der Waals surface area (Å²) in [7, 11) is 1.50. The summed E-state index contributed by atoms with van der Waals surface area (Å²) < 4.78 is 5.00. The highest BCUT2D eigenvalue weighted by molar-refractivity contribution is 6.15. The normalized spacial score (nSPS) is 15.4. The first-order chi connectivity index (χ1) is 9.69. The lowest BCUT2D eigenvalue weighted by Crippen LogP contribution is -1.95. The summed E-state index contributed by atoms with van der Waals surface area (Å²) in [4.78, 5) is 12.3. The van der Waals surface area contributed by atoms with Gasteiger partial charge in [0.15, 0.2) is 17.3 Å². The number of phenolic OH excluding ortho intramolecular Hbond substituents is 1. The van der Waals surface area contributed by atoms with Crippen molar-refractivity contribution in [1.29, 1.82) is 0 Å². The van der Waals surface area contributed by atoms with Crippen molar-refractivity contribution in [2.45, 2.75) is 6.42 Å². The van der Waals surface area contributed by atoms with Gasteiger partial charge in [0.1, 0.15) is 0 Å². The number of carbonyl (C=O) groups excluding carboxylic acids is 1. The lowest BCUT2D eigenvalue weighted by molar-refractivity contribution is 0.104. The van der Waals surface area contributed by atoms with Crippen molar-refractivity contribution in [3.8, 4) is 11.5 Å². The standard InChI is InChI=1S/C17H14O3/c1-20-16-7-6-11(9-15(16)18)8-13-10-12-4-2-3-5-14(12)17(13)19/h2-9,18H,10H2,1H3/b13-8+. The second kappa shape index (κ2) is 4.85. The van der Waals surface area contributed by atoms with Gasteiger partial charge in [-0.2, -0.15) is 0 Å². The van der Waals surface area contributed by atoms with Gasteiger partial charge in [-0.3, -0.25) is 4.79 Å². The van der Waals surface area contributed by atoms with Gasteiger partial charge in [0, 0.05) is 17.6 Å². The Morgan fingerprint density at radius 1 is 1.20 bits per heavy atom. The Balaban J connectivity index is 1.95. The van der Waals surface area contributed by atoms with Gasteiger partial charge in [-0.15, -0.1) is 0 Å². The topological polar surface area (TPSA) is 46.5 Å². The van der Waals surface area contributed by atoms with Crippen LogP contribution in [-0.2, 0) is 6.42 Å². The number of hydrogen-bond donors (Lipinski definition) is 1. The quantitative estimate of drug-likeness (QED) is 0.849. The summed E-state index contributed by atoms with van der Waals surface area (Å²) in [5.74, 6) is 0.564. The van der Waals surface area contributed by atoms with E-state index in [4.69, 9.17) is 4.74 Å². The van der Waals surface area contributed by atoms with E-state index < -0.39 is 0 Å². The molecule has 0 saturated carbocycles. The zero-order chi connectivity index (χ0) is 14.1. The molecule has 1 N–H and O–H groups in total. The van der Waals surface area contributed by atoms with Crippen LogP contribution < -0.4 is 4.74 Å². The Hall–Kier alpha value is -2.55. The van der Waals surface area contributed by atoms with Gasteiger partial charge in [0.05, 0.1) is 7.11 Å². The maximum absolute atomic E-state index is 12.3. The van der Waals surface area contributed by atoms with Gasteiger partial charge in [0.25, 0.3) is 0 Å². The molecule has 0 aliphatic heterocycles. The molecule has 0 atom stereocenters. The van der Waals surface area contributed by atoms with E-state index in [9.17, 15) is 9.90 Å². The molecular formula is C17H14O3. The zero-order valence-corrected chi connectivity index (χ0v) is 11.1. The number of fused-ring (bicyclic) bond motifs is 1. The second-order valence-electron chi connectivity index (χ2n) is 4.76. The molecule has 2 aromatic rings. The molecule has 3 nitrogen and oxygen atoms in total. The molecule has 2 aromatic carbocycles. The Morgan fingerprint density at radius 3 is 2.70 bits per heavy atom. The van der Waals surface area contributed by atoms with Crippen LogP contribution in [0.5, 0.6) is 11.5 Å². The van der Waals surface area contributed by atoms with Crippen LogP contribution in [-0.4, -0.2) is 18.0 Å². The molecule has 0 aromatic heterocycles. The Bertz CT molecular complexity index is 714. The molecule has 3 rings (SSSR count). The van der Waals surface area contributed by atoms with Crippen LogP contribution in [0.1, 0.15) is 21.5 Å². The van der Waals surface area contributed by atoms with Crippen LogP contribution in [0, 0.1) is 0 Å². The van der Waals surface area contributed by atoms with Crippen LogP contribution in [0.15, 0.2) is 48.0 Å². The molecule has 0 fully saturated rings. The number of hydrogen-bond acceptors (Lipinski definition) is 3. The Morgan fingerprint density at radius 2 is 2.00 bits per heavy atom. The summed E-state index contributed by atoms with van der Waals surface area (Å²) in [6.07, 6.45) is 2.46. The van der Waals surface area contributed by atoms with E-state index in [1.807, 2.05) is 36.4 Å². The molecule has 0 heterocycles. The highest BCUT2D eigenvalue weighted by Crippen LogP contribution is 2.30. The lowest BCUT2D eigenvalue weighted by Gasteiger charge is -2.04. The Labute approximate surface area is 117 Å². The average Bonchev–Trinajstić information content (AvgIpc) is 2.76. The average molecular weight is 266 g/mol. The molecule has 1 aliphatic rings. The zero-order valence-electron chi connectivity index (χ0n) is 11.1. The van der Waals surface area contributed by atoms with Crippen LogP contribution in [0.4, 0.5) is 0 Å². The third-order valence-electron chi connectivity index (χ3n) is 3.48. The second-order valence-corrected chi connectivity index (χ2v) is 4.76. The van der Waals surface area contributed by atoms with E-state index in [0.717, 1.165) is 22.3 Å².